The predicted molar refractivity (Wildman–Crippen MR) is 96.9 cm³/mol. The second-order valence-corrected chi connectivity index (χ2v) is 5.86. The molecule has 2 rings (SSSR count). The van der Waals surface area contributed by atoms with Crippen molar-refractivity contribution in [3.8, 4) is 11.5 Å². The minimum Gasteiger partial charge on any atom is -0.502 e. The number of carbonyl (C=O) groups excluding carboxylic acids is 1. The molecule has 0 aromatic heterocycles. The Morgan fingerprint density at radius 3 is 2.65 bits per heavy atom. The van der Waals surface area contributed by atoms with Gasteiger partial charge in [0.2, 0.25) is 5.75 Å². The first-order valence-corrected chi connectivity index (χ1v) is 7.85. The smallest absolute Gasteiger partial charge is 0.312 e. The summed E-state index contributed by atoms with van der Waals surface area (Å²) in [5.41, 5.74) is 3.47. The number of aromatic hydroxyl groups is 1. The Labute approximate surface area is 154 Å². The van der Waals surface area contributed by atoms with Crippen molar-refractivity contribution in [2.75, 3.05) is 6.61 Å². The van der Waals surface area contributed by atoms with Gasteiger partial charge in [0, 0.05) is 16.7 Å². The van der Waals surface area contributed by atoms with E-state index in [9.17, 15) is 20.0 Å². The number of hydrogen-bond acceptors (Lipinski definition) is 6. The maximum atomic E-state index is 11.8. The van der Waals surface area contributed by atoms with Crippen LogP contribution in [0.2, 0.25) is 5.02 Å². The normalized spacial score (nSPS) is 10.7. The third kappa shape index (κ3) is 4.70. The summed E-state index contributed by atoms with van der Waals surface area (Å²) in [4.78, 5) is 21.9. The van der Waals surface area contributed by atoms with Gasteiger partial charge >= 0.3 is 5.69 Å². The van der Waals surface area contributed by atoms with E-state index in [0.29, 0.717) is 5.75 Å². The van der Waals surface area contributed by atoms with Crippen LogP contribution in [0.4, 0.5) is 5.69 Å². The molecule has 2 aromatic rings. The summed E-state index contributed by atoms with van der Waals surface area (Å²) in [6.45, 7) is 3.48. The lowest BCUT2D eigenvalue weighted by atomic mass is 10.1. The molecule has 0 saturated carbocycles. The van der Waals surface area contributed by atoms with Crippen LogP contribution in [0.15, 0.2) is 35.4 Å². The van der Waals surface area contributed by atoms with Gasteiger partial charge in [0.05, 0.1) is 11.1 Å². The van der Waals surface area contributed by atoms with Crippen molar-refractivity contribution in [2.24, 2.45) is 5.10 Å². The van der Waals surface area contributed by atoms with E-state index >= 15 is 0 Å². The van der Waals surface area contributed by atoms with E-state index in [1.807, 2.05) is 32.0 Å². The Balaban J connectivity index is 2.00. The number of nitro groups is 1. The van der Waals surface area contributed by atoms with Gasteiger partial charge in [-0.1, -0.05) is 29.8 Å². The Hall–Kier alpha value is -3.13. The number of nitrogens with zero attached hydrogens (tertiary/aromatic N) is 2. The Kier molecular flexibility index (Phi) is 6.13. The average Bonchev–Trinajstić information content (AvgIpc) is 2.57. The van der Waals surface area contributed by atoms with Crippen LogP contribution >= 0.6 is 11.6 Å². The molecule has 2 aromatic carbocycles. The summed E-state index contributed by atoms with van der Waals surface area (Å²) in [7, 11) is 0. The number of nitro benzene ring substituents is 1. The van der Waals surface area contributed by atoms with E-state index in [1.54, 1.807) is 0 Å². The highest BCUT2D eigenvalue weighted by Crippen LogP contribution is 2.32. The highest BCUT2D eigenvalue weighted by atomic mass is 35.5. The quantitative estimate of drug-likeness (QED) is 0.456. The number of para-hydroxylation sites is 1. The number of halogens is 1. The first kappa shape index (κ1) is 19.2. The molecule has 0 bridgehead atoms. The zero-order valence-electron chi connectivity index (χ0n) is 14.0. The zero-order valence-corrected chi connectivity index (χ0v) is 14.8. The molecule has 8 nitrogen and oxygen atoms in total. The van der Waals surface area contributed by atoms with Crippen LogP contribution in [0.5, 0.6) is 11.5 Å². The lowest BCUT2D eigenvalue weighted by Gasteiger charge is -2.10. The van der Waals surface area contributed by atoms with Crippen LogP contribution in [0.1, 0.15) is 16.7 Å². The van der Waals surface area contributed by atoms with Gasteiger partial charge in [0.1, 0.15) is 5.75 Å². The van der Waals surface area contributed by atoms with Crippen molar-refractivity contribution < 1.29 is 19.6 Å². The summed E-state index contributed by atoms with van der Waals surface area (Å²) < 4.78 is 5.48. The fraction of sp³-hybridized carbons (Fsp3) is 0.176. The number of nitrogens with one attached hydrogen (secondary N) is 1. The van der Waals surface area contributed by atoms with Crippen molar-refractivity contribution in [3.63, 3.8) is 0 Å². The summed E-state index contributed by atoms with van der Waals surface area (Å²) in [6, 6.07) is 7.93. The molecular weight excluding hydrogens is 362 g/mol. The largest absolute Gasteiger partial charge is 0.502 e. The van der Waals surface area contributed by atoms with Crippen molar-refractivity contribution >= 4 is 29.4 Å². The van der Waals surface area contributed by atoms with Gasteiger partial charge < -0.3 is 9.84 Å². The number of hydrazone groups is 1. The van der Waals surface area contributed by atoms with Crippen molar-refractivity contribution in [1.29, 1.82) is 0 Å². The zero-order chi connectivity index (χ0) is 19.3. The number of phenolic OH excluding ortho intramolecular Hbond substituents is 1. The molecule has 0 aliphatic carbocycles. The summed E-state index contributed by atoms with van der Waals surface area (Å²) in [5, 5.41) is 24.4. The molecule has 0 radical (unpaired) electrons. The highest BCUT2D eigenvalue weighted by molar-refractivity contribution is 6.31. The number of amides is 1. The van der Waals surface area contributed by atoms with Gasteiger partial charge in [0.25, 0.3) is 5.91 Å². The Bertz CT molecular complexity index is 863. The number of benzene rings is 2. The van der Waals surface area contributed by atoms with Gasteiger partial charge in [-0.3, -0.25) is 14.9 Å². The third-order valence-electron chi connectivity index (χ3n) is 3.43. The second kappa shape index (κ2) is 8.30. The van der Waals surface area contributed by atoms with Crippen LogP contribution in [-0.2, 0) is 4.79 Å². The molecule has 0 fully saturated rings. The average molecular weight is 378 g/mol. The minimum atomic E-state index is -0.768. The van der Waals surface area contributed by atoms with E-state index in [1.165, 1.54) is 6.07 Å². The third-order valence-corrected chi connectivity index (χ3v) is 3.65. The monoisotopic (exact) mass is 377 g/mol. The van der Waals surface area contributed by atoms with Gasteiger partial charge in [-0.05, 0) is 31.0 Å². The molecule has 0 spiro atoms. The van der Waals surface area contributed by atoms with E-state index in [2.05, 4.69) is 10.5 Å². The molecule has 0 aliphatic heterocycles. The minimum absolute atomic E-state index is 0.000154. The first-order valence-electron chi connectivity index (χ1n) is 7.47. The molecule has 0 saturated heterocycles. The molecule has 2 N–H and O–H groups in total. The van der Waals surface area contributed by atoms with Gasteiger partial charge in [-0.25, -0.2) is 5.43 Å². The lowest BCUT2D eigenvalue weighted by Crippen LogP contribution is -2.25. The fourth-order valence-electron chi connectivity index (χ4n) is 2.21. The Morgan fingerprint density at radius 1 is 1.38 bits per heavy atom. The number of phenols is 1. The molecule has 0 aliphatic rings. The van der Waals surface area contributed by atoms with Gasteiger partial charge in [-0.15, -0.1) is 0 Å². The molecule has 1 amide bonds. The second-order valence-electron chi connectivity index (χ2n) is 5.42. The van der Waals surface area contributed by atoms with Crippen LogP contribution in [0.25, 0.3) is 0 Å². The van der Waals surface area contributed by atoms with E-state index in [4.69, 9.17) is 16.3 Å². The molecule has 0 unspecified atom stereocenters. The number of ether oxygens (including phenoxy) is 1. The van der Waals surface area contributed by atoms with Gasteiger partial charge in [0.15, 0.2) is 6.61 Å². The summed E-state index contributed by atoms with van der Waals surface area (Å²) in [6.07, 6.45) is 1.06. The van der Waals surface area contributed by atoms with E-state index in [0.717, 1.165) is 23.4 Å². The van der Waals surface area contributed by atoms with Crippen molar-refractivity contribution in [3.05, 3.63) is 62.2 Å². The van der Waals surface area contributed by atoms with Crippen LogP contribution in [-0.4, -0.2) is 28.8 Å². The van der Waals surface area contributed by atoms with Crippen molar-refractivity contribution in [2.45, 2.75) is 13.8 Å². The van der Waals surface area contributed by atoms with Crippen molar-refractivity contribution in [1.82, 2.24) is 5.43 Å². The van der Waals surface area contributed by atoms with Crippen LogP contribution in [0.3, 0.4) is 0 Å². The number of carbonyl (C=O) groups is 1. The van der Waals surface area contributed by atoms with Crippen LogP contribution in [0, 0.1) is 24.0 Å². The highest BCUT2D eigenvalue weighted by Gasteiger charge is 2.17. The summed E-state index contributed by atoms with van der Waals surface area (Å²) in [5.74, 6) is -0.501. The Morgan fingerprint density at radius 2 is 2.04 bits per heavy atom. The van der Waals surface area contributed by atoms with Gasteiger partial charge in [-0.2, -0.15) is 5.10 Å². The molecule has 9 heteroatoms. The number of hydrogen-bond donors (Lipinski definition) is 2. The molecule has 0 atom stereocenters. The number of rotatable bonds is 6. The molecule has 136 valence electrons. The number of aryl methyl sites for hydroxylation is 2. The standard InChI is InChI=1S/C17H16ClN3O5/c1-10-4-3-5-11(2)17(10)26-9-15(22)20-19-8-12-6-13(18)7-14(16(12)23)21(24)25/h3-8,23H,9H2,1-2H3,(H,20,22)/b19-8-. The molecule has 26 heavy (non-hydrogen) atoms. The predicted octanol–water partition coefficient (Wildman–Crippen LogP) is 3.10. The SMILES string of the molecule is Cc1cccc(C)c1OCC(=O)N/N=C\c1cc(Cl)cc([N+](=O)[O-])c1O. The maximum absolute atomic E-state index is 11.8. The van der Waals surface area contributed by atoms with Crippen LogP contribution < -0.4 is 10.2 Å². The lowest BCUT2D eigenvalue weighted by molar-refractivity contribution is -0.385. The molecule has 0 heterocycles. The summed E-state index contributed by atoms with van der Waals surface area (Å²) >= 11 is 5.77. The first-order chi connectivity index (χ1) is 12.3. The van der Waals surface area contributed by atoms with E-state index in [-0.39, 0.29) is 17.2 Å². The molecular formula is C17H16ClN3O5. The fourth-order valence-corrected chi connectivity index (χ4v) is 2.43. The topological polar surface area (TPSA) is 114 Å². The maximum Gasteiger partial charge on any atom is 0.312 e. The van der Waals surface area contributed by atoms with E-state index < -0.39 is 22.3 Å².